The zero-order valence-electron chi connectivity index (χ0n) is 13.9. The lowest BCUT2D eigenvalue weighted by atomic mass is 10.4. The normalized spacial score (nSPS) is 13.1. The molecule has 0 spiro atoms. The fourth-order valence-corrected chi connectivity index (χ4v) is 3.38. The van der Waals surface area contributed by atoms with Gasteiger partial charge < -0.3 is 10.6 Å². The van der Waals surface area contributed by atoms with Crippen molar-refractivity contribution >= 4 is 28.6 Å². The van der Waals surface area contributed by atoms with Crippen molar-refractivity contribution in [2.45, 2.75) is 32.2 Å². The van der Waals surface area contributed by atoms with E-state index in [0.29, 0.717) is 17.5 Å². The molecule has 0 saturated carbocycles. The predicted molar refractivity (Wildman–Crippen MR) is 90.8 cm³/mol. The Morgan fingerprint density at radius 1 is 0.963 bits per heavy atom. The number of nitrogens with zero attached hydrogens (tertiary/aromatic N) is 3. The van der Waals surface area contributed by atoms with Gasteiger partial charge in [0.05, 0.1) is 11.6 Å². The lowest BCUT2D eigenvalue weighted by molar-refractivity contribution is -0.141. The largest absolute Gasteiger partial charge is 0.434 e. The maximum atomic E-state index is 12.5. The van der Waals surface area contributed by atoms with Crippen molar-refractivity contribution in [2.75, 3.05) is 13.1 Å². The number of hydrogen-bond donors (Lipinski definition) is 2. The summed E-state index contributed by atoms with van der Waals surface area (Å²) in [5, 5.41) is 8.20. The van der Waals surface area contributed by atoms with Crippen LogP contribution in [0.1, 0.15) is 28.3 Å². The Labute approximate surface area is 158 Å². The zero-order valence-corrected chi connectivity index (χ0v) is 15.5. The lowest BCUT2D eigenvalue weighted by Gasteiger charge is -2.10. The van der Waals surface area contributed by atoms with E-state index in [0.717, 1.165) is 33.4 Å². The van der Waals surface area contributed by atoms with E-state index in [1.54, 1.807) is 6.92 Å². The molecule has 0 aliphatic carbocycles. The van der Waals surface area contributed by atoms with E-state index in [1.165, 1.54) is 0 Å². The van der Waals surface area contributed by atoms with Crippen LogP contribution in [0.4, 0.5) is 26.3 Å². The molecule has 2 aromatic heterocycles. The highest BCUT2D eigenvalue weighted by Crippen LogP contribution is 2.30. The molecule has 0 unspecified atom stereocenters. The smallest absolute Gasteiger partial charge is 0.357 e. The molecule has 150 valence electrons. The van der Waals surface area contributed by atoms with Gasteiger partial charge in [0.15, 0.2) is 17.3 Å². The van der Waals surface area contributed by atoms with Crippen LogP contribution < -0.4 is 10.6 Å². The Kier molecular flexibility index (Phi) is 7.03. The van der Waals surface area contributed by atoms with Crippen LogP contribution in [-0.4, -0.2) is 29.0 Å². The monoisotopic (exact) mass is 431 g/mol. The Balaban J connectivity index is 1.90. The number of guanidine groups is 1. The van der Waals surface area contributed by atoms with Crippen LogP contribution in [0.5, 0.6) is 0 Å². The van der Waals surface area contributed by atoms with Crippen molar-refractivity contribution in [1.82, 2.24) is 20.6 Å². The first-order chi connectivity index (χ1) is 12.6. The average Bonchev–Trinajstić information content (AvgIpc) is 3.21. The third kappa shape index (κ3) is 6.65. The van der Waals surface area contributed by atoms with Gasteiger partial charge in [-0.2, -0.15) is 26.3 Å². The lowest BCUT2D eigenvalue weighted by Crippen LogP contribution is -2.38. The van der Waals surface area contributed by atoms with Gasteiger partial charge in [-0.05, 0) is 6.92 Å². The molecule has 0 saturated heterocycles. The molecule has 0 bridgehead atoms. The quantitative estimate of drug-likeness (QED) is 0.413. The number of aliphatic imine (C=N–C) groups is 1. The number of hydrogen-bond acceptors (Lipinski definition) is 5. The standard InChI is InChI=1S/C14H15F6N5S2/c1-2-21-12(23-5-11-25-9(7-27-11)14(18,19)20)22-4-3-10-24-8(6-26-10)13(15,16)17/h6-7H,2-5H2,1H3,(H2,21,22,23). The minimum atomic E-state index is -4.50. The molecule has 0 aliphatic rings. The van der Waals surface area contributed by atoms with Crippen LogP contribution in [-0.2, 0) is 25.3 Å². The van der Waals surface area contributed by atoms with E-state index < -0.39 is 23.7 Å². The first kappa shape index (κ1) is 21.4. The third-order valence-electron chi connectivity index (χ3n) is 3.03. The molecule has 27 heavy (non-hydrogen) atoms. The van der Waals surface area contributed by atoms with E-state index in [4.69, 9.17) is 0 Å². The summed E-state index contributed by atoms with van der Waals surface area (Å²) in [6.07, 6.45) is -8.72. The number of thiazole rings is 2. The SMILES string of the molecule is CCNC(=NCc1nc(C(F)(F)F)cs1)NCCc1nc(C(F)(F)F)cs1. The van der Waals surface area contributed by atoms with Gasteiger partial charge in [0.2, 0.25) is 0 Å². The fourth-order valence-electron chi connectivity index (χ4n) is 1.85. The molecule has 5 nitrogen and oxygen atoms in total. The molecule has 0 fully saturated rings. The Morgan fingerprint density at radius 2 is 1.52 bits per heavy atom. The molecule has 2 N–H and O–H groups in total. The van der Waals surface area contributed by atoms with E-state index in [1.807, 2.05) is 0 Å². The summed E-state index contributed by atoms with van der Waals surface area (Å²) < 4.78 is 75.1. The summed E-state index contributed by atoms with van der Waals surface area (Å²) in [5.41, 5.74) is -1.88. The molecule has 2 aromatic rings. The minimum absolute atomic E-state index is 0.0500. The first-order valence-corrected chi connectivity index (χ1v) is 9.41. The summed E-state index contributed by atoms with van der Waals surface area (Å²) in [6.45, 7) is 2.53. The van der Waals surface area contributed by atoms with Gasteiger partial charge >= 0.3 is 12.4 Å². The Morgan fingerprint density at radius 3 is 2.04 bits per heavy atom. The van der Waals surface area contributed by atoms with Crippen LogP contribution >= 0.6 is 22.7 Å². The summed E-state index contributed by atoms with van der Waals surface area (Å²) >= 11 is 1.76. The molecule has 0 radical (unpaired) electrons. The van der Waals surface area contributed by atoms with Crippen molar-refractivity contribution < 1.29 is 26.3 Å². The summed E-state index contributed by atoms with van der Waals surface area (Å²) in [7, 11) is 0. The molecule has 2 heterocycles. The highest BCUT2D eigenvalue weighted by molar-refractivity contribution is 7.09. The van der Waals surface area contributed by atoms with Crippen molar-refractivity contribution in [3.63, 3.8) is 0 Å². The summed E-state index contributed by atoms with van der Waals surface area (Å²) in [5.74, 6) is 0.328. The number of halogens is 6. The van der Waals surface area contributed by atoms with Gasteiger partial charge in [-0.3, -0.25) is 0 Å². The second-order valence-corrected chi connectivity index (χ2v) is 7.01. The fraction of sp³-hybridized carbons (Fsp3) is 0.500. The van der Waals surface area contributed by atoms with E-state index in [9.17, 15) is 26.3 Å². The molecular weight excluding hydrogens is 416 g/mol. The van der Waals surface area contributed by atoms with Gasteiger partial charge in [0, 0.05) is 30.3 Å². The maximum Gasteiger partial charge on any atom is 0.434 e. The van der Waals surface area contributed by atoms with Crippen molar-refractivity contribution in [1.29, 1.82) is 0 Å². The second kappa shape index (κ2) is 8.87. The predicted octanol–water partition coefficient (Wildman–Crippen LogP) is 3.94. The Hall–Kier alpha value is -1.89. The highest BCUT2D eigenvalue weighted by atomic mass is 32.1. The average molecular weight is 431 g/mol. The van der Waals surface area contributed by atoms with Crippen molar-refractivity contribution in [2.24, 2.45) is 4.99 Å². The van der Waals surface area contributed by atoms with Gasteiger partial charge in [0.25, 0.3) is 0 Å². The van der Waals surface area contributed by atoms with Crippen LogP contribution in [0.15, 0.2) is 15.8 Å². The number of alkyl halides is 6. The van der Waals surface area contributed by atoms with Crippen LogP contribution in [0.25, 0.3) is 0 Å². The van der Waals surface area contributed by atoms with Crippen molar-refractivity contribution in [3.05, 3.63) is 32.2 Å². The van der Waals surface area contributed by atoms with Gasteiger partial charge in [0.1, 0.15) is 5.01 Å². The van der Waals surface area contributed by atoms with Gasteiger partial charge in [-0.15, -0.1) is 22.7 Å². The molecule has 0 aromatic carbocycles. The number of nitrogens with one attached hydrogen (secondary N) is 2. The second-order valence-electron chi connectivity index (χ2n) is 5.12. The van der Waals surface area contributed by atoms with Gasteiger partial charge in [-0.25, -0.2) is 15.0 Å². The van der Waals surface area contributed by atoms with E-state index in [2.05, 4.69) is 25.6 Å². The molecule has 13 heteroatoms. The number of rotatable bonds is 6. The molecule has 0 amide bonds. The van der Waals surface area contributed by atoms with Crippen LogP contribution in [0.2, 0.25) is 0 Å². The first-order valence-electron chi connectivity index (χ1n) is 7.65. The Bertz CT molecular complexity index is 765. The number of aromatic nitrogens is 2. The van der Waals surface area contributed by atoms with Crippen LogP contribution in [0, 0.1) is 0 Å². The van der Waals surface area contributed by atoms with E-state index >= 15 is 0 Å². The topological polar surface area (TPSA) is 62.2 Å². The van der Waals surface area contributed by atoms with Crippen molar-refractivity contribution in [3.8, 4) is 0 Å². The maximum absolute atomic E-state index is 12.5. The highest BCUT2D eigenvalue weighted by Gasteiger charge is 2.34. The summed E-state index contributed by atoms with van der Waals surface area (Å²) in [6, 6.07) is 0. The van der Waals surface area contributed by atoms with Crippen LogP contribution in [0.3, 0.4) is 0 Å². The molecule has 2 rings (SSSR count). The third-order valence-corrected chi connectivity index (χ3v) is 4.77. The van der Waals surface area contributed by atoms with Gasteiger partial charge in [-0.1, -0.05) is 0 Å². The van der Waals surface area contributed by atoms with E-state index in [-0.39, 0.29) is 24.5 Å². The zero-order chi connectivity index (χ0) is 20.1. The summed E-state index contributed by atoms with van der Waals surface area (Å²) in [4.78, 5) is 11.1. The molecule has 0 aliphatic heterocycles. The molecular formula is C14H15F6N5S2. The minimum Gasteiger partial charge on any atom is -0.357 e. The molecule has 0 atom stereocenters.